The fourth-order valence-corrected chi connectivity index (χ4v) is 2.93. The zero-order valence-electron chi connectivity index (χ0n) is 12.9. The van der Waals surface area contributed by atoms with Crippen molar-refractivity contribution in [2.45, 2.75) is 31.5 Å². The van der Waals surface area contributed by atoms with Crippen molar-refractivity contribution in [1.29, 1.82) is 0 Å². The lowest BCUT2D eigenvalue weighted by Crippen LogP contribution is -2.38. The Bertz CT molecular complexity index is 871. The lowest BCUT2D eigenvalue weighted by Gasteiger charge is -2.13. The topological polar surface area (TPSA) is 44.0 Å². The van der Waals surface area contributed by atoms with Gasteiger partial charge in [-0.2, -0.15) is 13.2 Å². The van der Waals surface area contributed by atoms with Gasteiger partial charge < -0.3 is 0 Å². The molecule has 4 nitrogen and oxygen atoms in total. The van der Waals surface area contributed by atoms with Crippen molar-refractivity contribution in [3.05, 3.63) is 56.6 Å². The van der Waals surface area contributed by atoms with Gasteiger partial charge in [0.15, 0.2) is 0 Å². The van der Waals surface area contributed by atoms with Gasteiger partial charge in [-0.05, 0) is 31.5 Å². The van der Waals surface area contributed by atoms with Crippen LogP contribution in [0.15, 0.2) is 38.9 Å². The molecule has 9 heteroatoms. The van der Waals surface area contributed by atoms with E-state index in [1.54, 1.807) is 6.92 Å². The predicted molar refractivity (Wildman–Crippen MR) is 83.4 cm³/mol. The fraction of sp³-hybridized carbons (Fsp3) is 0.333. The first-order valence-electron chi connectivity index (χ1n) is 6.96. The number of thioether (sulfide) groups is 1. The van der Waals surface area contributed by atoms with Crippen molar-refractivity contribution in [2.24, 2.45) is 0 Å². The second kappa shape index (κ2) is 6.84. The maximum absolute atomic E-state index is 14.2. The normalized spacial score (nSPS) is 11.8. The van der Waals surface area contributed by atoms with E-state index >= 15 is 0 Å². The Morgan fingerprint density at radius 3 is 2.46 bits per heavy atom. The molecule has 24 heavy (non-hydrogen) atoms. The van der Waals surface area contributed by atoms with Gasteiger partial charge in [0.05, 0.1) is 11.4 Å². The monoisotopic (exact) mass is 362 g/mol. The van der Waals surface area contributed by atoms with Crippen LogP contribution >= 0.6 is 11.8 Å². The molecule has 2 rings (SSSR count). The van der Waals surface area contributed by atoms with E-state index < -0.39 is 29.0 Å². The third kappa shape index (κ3) is 3.89. The Morgan fingerprint density at radius 1 is 1.21 bits per heavy atom. The smallest absolute Gasteiger partial charge is 0.269 e. The van der Waals surface area contributed by atoms with Crippen LogP contribution in [0, 0.1) is 12.7 Å². The van der Waals surface area contributed by atoms with Crippen LogP contribution in [-0.2, 0) is 6.54 Å². The van der Waals surface area contributed by atoms with Crippen LogP contribution in [0.4, 0.5) is 17.6 Å². The molecule has 0 aliphatic rings. The van der Waals surface area contributed by atoms with Crippen molar-refractivity contribution in [3.8, 4) is 5.69 Å². The molecule has 0 fully saturated rings. The van der Waals surface area contributed by atoms with Crippen LogP contribution in [0.5, 0.6) is 0 Å². The summed E-state index contributed by atoms with van der Waals surface area (Å²) in [5, 5.41) is 0. The van der Waals surface area contributed by atoms with Gasteiger partial charge in [0, 0.05) is 23.7 Å². The van der Waals surface area contributed by atoms with E-state index in [-0.39, 0.29) is 17.1 Å². The van der Waals surface area contributed by atoms with Gasteiger partial charge in [0.25, 0.3) is 5.56 Å². The quantitative estimate of drug-likeness (QED) is 0.620. The van der Waals surface area contributed by atoms with E-state index in [0.717, 1.165) is 27.5 Å². The van der Waals surface area contributed by atoms with Crippen molar-refractivity contribution in [2.75, 3.05) is 5.75 Å². The number of aryl methyl sites for hydroxylation is 1. The van der Waals surface area contributed by atoms with Gasteiger partial charge in [-0.25, -0.2) is 9.18 Å². The third-order valence-electron chi connectivity index (χ3n) is 3.28. The first kappa shape index (κ1) is 18.3. The maximum Gasteiger partial charge on any atom is 0.398 e. The molecule has 1 aromatic carbocycles. The molecule has 0 aliphatic heterocycles. The van der Waals surface area contributed by atoms with Crippen molar-refractivity contribution < 1.29 is 17.6 Å². The van der Waals surface area contributed by atoms with E-state index in [9.17, 15) is 27.2 Å². The molecular weight excluding hydrogens is 348 g/mol. The number of rotatable bonds is 4. The zero-order chi connectivity index (χ0) is 18.1. The maximum atomic E-state index is 14.2. The van der Waals surface area contributed by atoms with Crippen molar-refractivity contribution in [3.63, 3.8) is 0 Å². The van der Waals surface area contributed by atoms with Gasteiger partial charge >= 0.3 is 11.9 Å². The van der Waals surface area contributed by atoms with Crippen LogP contribution in [-0.4, -0.2) is 21.1 Å². The molecule has 0 unspecified atom stereocenters. The molecule has 0 N–H and O–H groups in total. The molecule has 0 aliphatic carbocycles. The molecule has 1 aromatic heterocycles. The molecule has 0 spiro atoms. The van der Waals surface area contributed by atoms with Gasteiger partial charge in [-0.15, -0.1) is 11.8 Å². The average molecular weight is 362 g/mol. The van der Waals surface area contributed by atoms with E-state index in [0.29, 0.717) is 17.3 Å². The summed E-state index contributed by atoms with van der Waals surface area (Å²) >= 11 is 0.515. The molecule has 0 saturated carbocycles. The highest BCUT2D eigenvalue weighted by molar-refractivity contribution is 7.99. The first-order chi connectivity index (χ1) is 11.1. The van der Waals surface area contributed by atoms with Crippen LogP contribution in [0.1, 0.15) is 12.5 Å². The molecule has 130 valence electrons. The number of halogens is 4. The standard InChI is InChI=1S/C15H14F4N2O2S/c1-3-20-13(22)4-5-21(14(20)23)11-7-12(9(2)6-10(11)16)24-8-15(17,18)19/h4-7H,3,8H2,1-2H3. The number of nitrogens with zero attached hydrogens (tertiary/aromatic N) is 2. The number of alkyl halides is 3. The molecule has 0 atom stereocenters. The number of hydrogen-bond donors (Lipinski definition) is 0. The Morgan fingerprint density at radius 2 is 1.88 bits per heavy atom. The number of aromatic nitrogens is 2. The molecule has 0 bridgehead atoms. The fourth-order valence-electron chi connectivity index (χ4n) is 2.13. The highest BCUT2D eigenvalue weighted by Crippen LogP contribution is 2.31. The van der Waals surface area contributed by atoms with Gasteiger partial charge in [0.1, 0.15) is 5.82 Å². The van der Waals surface area contributed by atoms with Crippen LogP contribution in [0.25, 0.3) is 5.69 Å². The van der Waals surface area contributed by atoms with E-state index in [1.165, 1.54) is 13.0 Å². The molecule has 2 aromatic rings. The minimum absolute atomic E-state index is 0.0989. The highest BCUT2D eigenvalue weighted by Gasteiger charge is 2.28. The second-order valence-electron chi connectivity index (χ2n) is 5.02. The summed E-state index contributed by atoms with van der Waals surface area (Å²) in [5.41, 5.74) is -1.14. The summed E-state index contributed by atoms with van der Waals surface area (Å²) in [5.74, 6) is -1.88. The highest BCUT2D eigenvalue weighted by atomic mass is 32.2. The molecular formula is C15H14F4N2O2S. The Hall–Kier alpha value is -2.03. The Labute approximate surface area is 138 Å². The molecule has 0 amide bonds. The van der Waals surface area contributed by atoms with Crippen LogP contribution in [0.2, 0.25) is 0 Å². The third-order valence-corrected chi connectivity index (χ3v) is 4.50. The Balaban J connectivity index is 2.56. The van der Waals surface area contributed by atoms with Crippen LogP contribution in [0.3, 0.4) is 0 Å². The van der Waals surface area contributed by atoms with E-state index in [2.05, 4.69) is 0 Å². The van der Waals surface area contributed by atoms with E-state index in [4.69, 9.17) is 0 Å². The summed E-state index contributed by atoms with van der Waals surface area (Å²) < 4.78 is 53.2. The Kier molecular flexibility index (Phi) is 5.22. The van der Waals surface area contributed by atoms with Gasteiger partial charge in [-0.1, -0.05) is 0 Å². The van der Waals surface area contributed by atoms with Crippen LogP contribution < -0.4 is 11.2 Å². The SMILES string of the molecule is CCn1c(=O)ccn(-c2cc(SCC(F)(F)F)c(C)cc2F)c1=O. The van der Waals surface area contributed by atoms with Gasteiger partial charge in [0.2, 0.25) is 0 Å². The molecule has 0 radical (unpaired) electrons. The second-order valence-corrected chi connectivity index (χ2v) is 6.04. The predicted octanol–water partition coefficient (Wildman–Crippen LogP) is 3.12. The lowest BCUT2D eigenvalue weighted by molar-refractivity contribution is -0.105. The lowest BCUT2D eigenvalue weighted by atomic mass is 10.2. The minimum atomic E-state index is -4.36. The number of benzene rings is 1. The van der Waals surface area contributed by atoms with Gasteiger partial charge in [-0.3, -0.25) is 13.9 Å². The summed E-state index contributed by atoms with van der Waals surface area (Å²) in [6.45, 7) is 3.17. The zero-order valence-corrected chi connectivity index (χ0v) is 13.7. The van der Waals surface area contributed by atoms with E-state index in [1.807, 2.05) is 0 Å². The largest absolute Gasteiger partial charge is 0.398 e. The summed E-state index contributed by atoms with van der Waals surface area (Å²) in [7, 11) is 0. The first-order valence-corrected chi connectivity index (χ1v) is 7.95. The summed E-state index contributed by atoms with van der Waals surface area (Å²) in [4.78, 5) is 24.1. The summed E-state index contributed by atoms with van der Waals surface area (Å²) in [6.07, 6.45) is -3.25. The molecule has 0 saturated heterocycles. The number of hydrogen-bond acceptors (Lipinski definition) is 3. The van der Waals surface area contributed by atoms with Crippen molar-refractivity contribution in [1.82, 2.24) is 9.13 Å². The van der Waals surface area contributed by atoms with Crippen molar-refractivity contribution >= 4 is 11.8 Å². The average Bonchev–Trinajstić information content (AvgIpc) is 2.47. The molecule has 1 heterocycles. The minimum Gasteiger partial charge on any atom is -0.269 e. The summed E-state index contributed by atoms with van der Waals surface area (Å²) in [6, 6.07) is 3.36.